The van der Waals surface area contributed by atoms with Crippen LogP contribution in [0.4, 0.5) is 0 Å². The number of fused-ring (bicyclic) bond motifs is 3. The summed E-state index contributed by atoms with van der Waals surface area (Å²) in [6.07, 6.45) is 0.687. The second kappa shape index (κ2) is 7.53. The van der Waals surface area contributed by atoms with E-state index in [0.29, 0.717) is 13.0 Å². The predicted octanol–water partition coefficient (Wildman–Crippen LogP) is 3.66. The van der Waals surface area contributed by atoms with E-state index < -0.39 is 0 Å². The zero-order valence-corrected chi connectivity index (χ0v) is 14.9. The van der Waals surface area contributed by atoms with Crippen LogP contribution in [0.1, 0.15) is 22.4 Å². The third-order valence-electron chi connectivity index (χ3n) is 4.49. The second-order valence-electron chi connectivity index (χ2n) is 6.45. The van der Waals surface area contributed by atoms with Gasteiger partial charge in [-0.25, -0.2) is 0 Å². The summed E-state index contributed by atoms with van der Waals surface area (Å²) in [6.45, 7) is 4.89. The highest BCUT2D eigenvalue weighted by Crippen LogP contribution is 2.26. The van der Waals surface area contributed by atoms with E-state index >= 15 is 0 Å². The van der Waals surface area contributed by atoms with Crippen molar-refractivity contribution in [3.05, 3.63) is 70.9 Å². The molecule has 1 atom stereocenters. The molecule has 2 heterocycles. The minimum atomic E-state index is -0.230. The van der Waals surface area contributed by atoms with Crippen molar-refractivity contribution in [2.75, 3.05) is 7.11 Å². The highest BCUT2D eigenvalue weighted by atomic mass is 16.5. The number of ether oxygens (including phenoxy) is 1. The molecule has 0 saturated heterocycles. The summed E-state index contributed by atoms with van der Waals surface area (Å²) in [7, 11) is 1.43. The summed E-state index contributed by atoms with van der Waals surface area (Å²) in [5.41, 5.74) is 6.21. The number of methoxy groups -OCH3 is 1. The summed E-state index contributed by atoms with van der Waals surface area (Å²) < 4.78 is 4.78. The van der Waals surface area contributed by atoms with Gasteiger partial charge in [-0.05, 0) is 25.5 Å². The van der Waals surface area contributed by atoms with Crippen molar-refractivity contribution in [2.24, 2.45) is 0 Å². The van der Waals surface area contributed by atoms with Crippen LogP contribution in [0.5, 0.6) is 0 Å². The largest absolute Gasteiger partial charge is 0.468 e. The van der Waals surface area contributed by atoms with Gasteiger partial charge in [0.1, 0.15) is 6.04 Å². The van der Waals surface area contributed by atoms with Crippen LogP contribution in [0.15, 0.2) is 48.5 Å². The SMILES string of the molecule is COC(=O)C1Cc2c([nH]c3ccccc23)CN1.Cc1cccc(C)c1. The number of aromatic nitrogens is 1. The van der Waals surface area contributed by atoms with Crippen LogP contribution in [-0.4, -0.2) is 24.1 Å². The molecule has 0 radical (unpaired) electrons. The van der Waals surface area contributed by atoms with Gasteiger partial charge in [-0.15, -0.1) is 0 Å². The van der Waals surface area contributed by atoms with Gasteiger partial charge in [0.25, 0.3) is 0 Å². The van der Waals surface area contributed by atoms with Gasteiger partial charge in [0, 0.05) is 29.6 Å². The van der Waals surface area contributed by atoms with E-state index in [2.05, 4.69) is 60.5 Å². The third-order valence-corrected chi connectivity index (χ3v) is 4.49. The average Bonchev–Trinajstić information content (AvgIpc) is 2.99. The van der Waals surface area contributed by atoms with E-state index in [9.17, 15) is 4.79 Å². The van der Waals surface area contributed by atoms with Gasteiger partial charge < -0.3 is 9.72 Å². The number of para-hydroxylation sites is 1. The lowest BCUT2D eigenvalue weighted by Crippen LogP contribution is -2.42. The number of esters is 1. The molecule has 0 saturated carbocycles. The minimum Gasteiger partial charge on any atom is -0.468 e. The lowest BCUT2D eigenvalue weighted by molar-refractivity contribution is -0.143. The fourth-order valence-corrected chi connectivity index (χ4v) is 3.26. The monoisotopic (exact) mass is 336 g/mol. The van der Waals surface area contributed by atoms with Crippen molar-refractivity contribution in [2.45, 2.75) is 32.9 Å². The Hall–Kier alpha value is -2.59. The summed E-state index contributed by atoms with van der Waals surface area (Å²) in [4.78, 5) is 14.9. The van der Waals surface area contributed by atoms with Gasteiger partial charge in [-0.1, -0.05) is 53.6 Å². The van der Waals surface area contributed by atoms with Crippen LogP contribution in [0, 0.1) is 13.8 Å². The second-order valence-corrected chi connectivity index (χ2v) is 6.45. The molecule has 0 bridgehead atoms. The molecule has 1 aliphatic rings. The van der Waals surface area contributed by atoms with Gasteiger partial charge in [-0.3, -0.25) is 10.1 Å². The van der Waals surface area contributed by atoms with E-state index in [4.69, 9.17) is 4.74 Å². The molecule has 2 N–H and O–H groups in total. The van der Waals surface area contributed by atoms with E-state index in [-0.39, 0.29) is 12.0 Å². The molecule has 4 rings (SSSR count). The standard InChI is InChI=1S/C13H14N2O2.C8H10/c1-17-13(16)11-6-9-8-4-2-3-5-10(8)15-12(9)7-14-11;1-7-4-3-5-8(2)6-7/h2-5,11,14-15H,6-7H2,1H3;3-6H,1-2H3. The van der Waals surface area contributed by atoms with Crippen molar-refractivity contribution in [1.29, 1.82) is 0 Å². The first-order valence-electron chi connectivity index (χ1n) is 8.51. The van der Waals surface area contributed by atoms with Gasteiger partial charge in [0.05, 0.1) is 7.11 Å². The number of benzene rings is 2. The Balaban J connectivity index is 0.000000192. The van der Waals surface area contributed by atoms with Crippen molar-refractivity contribution in [3.8, 4) is 0 Å². The average molecular weight is 336 g/mol. The molecule has 130 valence electrons. The maximum atomic E-state index is 11.5. The van der Waals surface area contributed by atoms with E-state index in [1.165, 1.54) is 34.9 Å². The van der Waals surface area contributed by atoms with Crippen molar-refractivity contribution >= 4 is 16.9 Å². The summed E-state index contributed by atoms with van der Waals surface area (Å²) in [6, 6.07) is 16.4. The Morgan fingerprint density at radius 1 is 1.08 bits per heavy atom. The molecule has 1 unspecified atom stereocenters. The lowest BCUT2D eigenvalue weighted by Gasteiger charge is -2.21. The minimum absolute atomic E-state index is 0.194. The maximum Gasteiger partial charge on any atom is 0.323 e. The molecule has 2 aromatic carbocycles. The summed E-state index contributed by atoms with van der Waals surface area (Å²) >= 11 is 0. The Labute approximate surface area is 148 Å². The van der Waals surface area contributed by atoms with Gasteiger partial charge >= 0.3 is 5.97 Å². The molecule has 0 fully saturated rings. The van der Waals surface area contributed by atoms with Crippen LogP contribution in [0.2, 0.25) is 0 Å². The van der Waals surface area contributed by atoms with Crippen LogP contribution in [-0.2, 0) is 22.5 Å². The molecular formula is C21H24N2O2. The molecule has 0 aliphatic carbocycles. The van der Waals surface area contributed by atoms with Crippen molar-refractivity contribution in [1.82, 2.24) is 10.3 Å². The maximum absolute atomic E-state index is 11.5. The number of nitrogens with one attached hydrogen (secondary N) is 2. The fourth-order valence-electron chi connectivity index (χ4n) is 3.26. The van der Waals surface area contributed by atoms with E-state index in [0.717, 1.165) is 5.52 Å². The number of carbonyl (C=O) groups excluding carboxylic acids is 1. The zero-order chi connectivity index (χ0) is 17.8. The first kappa shape index (κ1) is 17.2. The van der Waals surface area contributed by atoms with Crippen LogP contribution >= 0.6 is 0 Å². The topological polar surface area (TPSA) is 54.1 Å². The fraction of sp³-hybridized carbons (Fsp3) is 0.286. The highest BCUT2D eigenvalue weighted by molar-refractivity contribution is 5.86. The normalized spacial score (nSPS) is 15.9. The number of hydrogen-bond acceptors (Lipinski definition) is 3. The summed E-state index contributed by atoms with van der Waals surface area (Å²) in [5, 5.41) is 4.39. The Bertz CT molecular complexity index is 865. The number of aryl methyl sites for hydroxylation is 2. The molecule has 1 aromatic heterocycles. The third kappa shape index (κ3) is 3.91. The quantitative estimate of drug-likeness (QED) is 0.667. The molecule has 0 spiro atoms. The number of H-pyrrole nitrogens is 1. The Kier molecular flexibility index (Phi) is 5.19. The van der Waals surface area contributed by atoms with Crippen LogP contribution in [0.25, 0.3) is 10.9 Å². The number of hydrogen-bond donors (Lipinski definition) is 2. The summed E-state index contributed by atoms with van der Waals surface area (Å²) in [5.74, 6) is -0.194. The predicted molar refractivity (Wildman–Crippen MR) is 101 cm³/mol. The molecular weight excluding hydrogens is 312 g/mol. The van der Waals surface area contributed by atoms with Gasteiger partial charge in [-0.2, -0.15) is 0 Å². The van der Waals surface area contributed by atoms with E-state index in [1.807, 2.05) is 12.1 Å². The molecule has 1 aliphatic heterocycles. The Morgan fingerprint density at radius 3 is 2.44 bits per heavy atom. The molecule has 4 nitrogen and oxygen atoms in total. The number of aromatic amines is 1. The highest BCUT2D eigenvalue weighted by Gasteiger charge is 2.27. The van der Waals surface area contributed by atoms with Crippen LogP contribution < -0.4 is 5.32 Å². The molecule has 4 heteroatoms. The first-order valence-corrected chi connectivity index (χ1v) is 8.51. The Morgan fingerprint density at radius 2 is 1.80 bits per heavy atom. The van der Waals surface area contributed by atoms with Gasteiger partial charge in [0.15, 0.2) is 0 Å². The molecule has 25 heavy (non-hydrogen) atoms. The van der Waals surface area contributed by atoms with Crippen molar-refractivity contribution in [3.63, 3.8) is 0 Å². The zero-order valence-electron chi connectivity index (χ0n) is 14.9. The van der Waals surface area contributed by atoms with E-state index in [1.54, 1.807) is 0 Å². The smallest absolute Gasteiger partial charge is 0.323 e. The van der Waals surface area contributed by atoms with Crippen molar-refractivity contribution < 1.29 is 9.53 Å². The lowest BCUT2D eigenvalue weighted by atomic mass is 9.99. The van der Waals surface area contributed by atoms with Crippen LogP contribution in [0.3, 0.4) is 0 Å². The first-order chi connectivity index (χ1) is 12.1. The number of rotatable bonds is 1. The number of carbonyl (C=O) groups is 1. The van der Waals surface area contributed by atoms with Gasteiger partial charge in [0.2, 0.25) is 0 Å². The molecule has 0 amide bonds. The molecule has 3 aromatic rings.